The van der Waals surface area contributed by atoms with Gasteiger partial charge in [-0.25, -0.2) is 4.68 Å². The molecule has 0 atom stereocenters. The van der Waals surface area contributed by atoms with Gasteiger partial charge in [-0.2, -0.15) is 5.10 Å². The molecule has 1 saturated carbocycles. The van der Waals surface area contributed by atoms with Gasteiger partial charge in [-0.05, 0) is 35.2 Å². The molecular weight excluding hydrogens is 326 g/mol. The zero-order valence-corrected chi connectivity index (χ0v) is 14.5. The Morgan fingerprint density at radius 1 is 1.08 bits per heavy atom. The summed E-state index contributed by atoms with van der Waals surface area (Å²) < 4.78 is 1.45. The van der Waals surface area contributed by atoms with Crippen LogP contribution in [0.5, 0.6) is 0 Å². The summed E-state index contributed by atoms with van der Waals surface area (Å²) in [5.74, 6) is 0.454. The molecule has 0 unspecified atom stereocenters. The van der Waals surface area contributed by atoms with Crippen molar-refractivity contribution in [3.8, 4) is 0 Å². The molecule has 0 spiro atoms. The molecule has 132 valence electrons. The predicted octanol–water partition coefficient (Wildman–Crippen LogP) is 2.63. The number of carbonyl (C=O) groups is 1. The minimum atomic E-state index is -0.127. The highest BCUT2D eigenvalue weighted by Crippen LogP contribution is 2.38. The van der Waals surface area contributed by atoms with E-state index in [1.54, 1.807) is 6.07 Å². The van der Waals surface area contributed by atoms with Gasteiger partial charge in [-0.15, -0.1) is 0 Å². The number of nitrogens with one attached hydrogen (secondary N) is 1. The Morgan fingerprint density at radius 3 is 2.73 bits per heavy atom. The van der Waals surface area contributed by atoms with Crippen molar-refractivity contribution < 1.29 is 4.79 Å². The first-order chi connectivity index (χ1) is 12.7. The van der Waals surface area contributed by atoms with Gasteiger partial charge in [0.25, 0.3) is 5.56 Å². The summed E-state index contributed by atoms with van der Waals surface area (Å²) in [6.07, 6.45) is 2.62. The second-order valence-electron chi connectivity index (χ2n) is 6.76. The molecule has 1 amide bonds. The summed E-state index contributed by atoms with van der Waals surface area (Å²) >= 11 is 0. The Kier molecular flexibility index (Phi) is 4.52. The van der Waals surface area contributed by atoms with Crippen LogP contribution in [0.25, 0.3) is 10.8 Å². The van der Waals surface area contributed by atoms with Crippen LogP contribution in [0.4, 0.5) is 0 Å². The molecule has 4 rings (SSSR count). The Morgan fingerprint density at radius 2 is 1.88 bits per heavy atom. The first-order valence-electron chi connectivity index (χ1n) is 9.02. The van der Waals surface area contributed by atoms with Crippen molar-refractivity contribution in [2.75, 3.05) is 6.54 Å². The van der Waals surface area contributed by atoms with Gasteiger partial charge in [0.05, 0.1) is 18.7 Å². The normalized spacial score (nSPS) is 13.7. The topological polar surface area (TPSA) is 64.0 Å². The molecule has 1 aliphatic rings. The van der Waals surface area contributed by atoms with Crippen molar-refractivity contribution in [3.63, 3.8) is 0 Å². The summed E-state index contributed by atoms with van der Waals surface area (Å²) in [5.41, 5.74) is 1.86. The SMILES string of the molecule is O=C(Cc1cccc2ccccc12)NCCn1nc(C2CC2)ccc1=O. The van der Waals surface area contributed by atoms with Crippen LogP contribution < -0.4 is 10.9 Å². The number of fused-ring (bicyclic) bond motifs is 1. The van der Waals surface area contributed by atoms with E-state index in [1.165, 1.54) is 4.68 Å². The van der Waals surface area contributed by atoms with Crippen LogP contribution in [0.1, 0.15) is 30.0 Å². The van der Waals surface area contributed by atoms with Crippen LogP contribution in [0.2, 0.25) is 0 Å². The van der Waals surface area contributed by atoms with Crippen LogP contribution in [-0.2, 0) is 17.8 Å². The monoisotopic (exact) mass is 347 g/mol. The van der Waals surface area contributed by atoms with Crippen molar-refractivity contribution in [1.82, 2.24) is 15.1 Å². The van der Waals surface area contributed by atoms with Crippen molar-refractivity contribution >= 4 is 16.7 Å². The summed E-state index contributed by atoms with van der Waals surface area (Å²) in [6.45, 7) is 0.783. The average Bonchev–Trinajstić information content (AvgIpc) is 3.49. The fourth-order valence-corrected chi connectivity index (χ4v) is 3.21. The summed E-state index contributed by atoms with van der Waals surface area (Å²) in [4.78, 5) is 24.2. The maximum absolute atomic E-state index is 12.3. The third-order valence-corrected chi connectivity index (χ3v) is 4.76. The highest BCUT2D eigenvalue weighted by atomic mass is 16.1. The highest BCUT2D eigenvalue weighted by molar-refractivity contribution is 5.90. The summed E-state index contributed by atoms with van der Waals surface area (Å²) in [6, 6.07) is 17.4. The maximum Gasteiger partial charge on any atom is 0.266 e. The molecule has 1 aromatic heterocycles. The van der Waals surface area contributed by atoms with Gasteiger partial charge in [0, 0.05) is 18.5 Å². The third-order valence-electron chi connectivity index (χ3n) is 4.76. The summed E-state index contributed by atoms with van der Waals surface area (Å²) in [5, 5.41) is 9.53. The van der Waals surface area contributed by atoms with E-state index in [0.29, 0.717) is 25.4 Å². The minimum absolute atomic E-state index is 0.0484. The number of aromatic nitrogens is 2. The molecule has 5 nitrogen and oxygen atoms in total. The maximum atomic E-state index is 12.3. The molecule has 1 N–H and O–H groups in total. The number of carbonyl (C=O) groups excluding carboxylic acids is 1. The largest absolute Gasteiger partial charge is 0.354 e. The van der Waals surface area contributed by atoms with E-state index < -0.39 is 0 Å². The molecule has 1 heterocycles. The van der Waals surface area contributed by atoms with Gasteiger partial charge >= 0.3 is 0 Å². The van der Waals surface area contributed by atoms with Crippen molar-refractivity contribution in [1.29, 1.82) is 0 Å². The first-order valence-corrected chi connectivity index (χ1v) is 9.02. The molecular formula is C21H21N3O2. The van der Waals surface area contributed by atoms with Crippen LogP contribution in [0.15, 0.2) is 59.4 Å². The van der Waals surface area contributed by atoms with Crippen molar-refractivity contribution in [3.05, 3.63) is 76.2 Å². The van der Waals surface area contributed by atoms with Gasteiger partial charge < -0.3 is 5.32 Å². The van der Waals surface area contributed by atoms with Gasteiger partial charge in [0.2, 0.25) is 5.91 Å². The second kappa shape index (κ2) is 7.12. The smallest absolute Gasteiger partial charge is 0.266 e. The number of benzene rings is 2. The molecule has 2 aromatic carbocycles. The Balaban J connectivity index is 1.37. The second-order valence-corrected chi connectivity index (χ2v) is 6.76. The first kappa shape index (κ1) is 16.5. The Bertz CT molecular complexity index is 1000. The van der Waals surface area contributed by atoms with Gasteiger partial charge in [-0.3, -0.25) is 9.59 Å². The quantitative estimate of drug-likeness (QED) is 0.745. The predicted molar refractivity (Wildman–Crippen MR) is 101 cm³/mol. The lowest BCUT2D eigenvalue weighted by atomic mass is 10.0. The molecule has 0 saturated heterocycles. The molecule has 0 radical (unpaired) electrons. The van der Waals surface area contributed by atoms with E-state index >= 15 is 0 Å². The van der Waals surface area contributed by atoms with E-state index in [0.717, 1.165) is 34.9 Å². The third kappa shape index (κ3) is 3.67. The van der Waals surface area contributed by atoms with Crippen molar-refractivity contribution in [2.45, 2.75) is 31.7 Å². The molecule has 3 aromatic rings. The molecule has 0 aliphatic heterocycles. The van der Waals surface area contributed by atoms with Crippen LogP contribution in [0, 0.1) is 0 Å². The standard InChI is InChI=1S/C21H21N3O2/c25-20(14-17-6-3-5-15-4-1-2-7-18(15)17)22-12-13-24-21(26)11-10-19(23-24)16-8-9-16/h1-7,10-11,16H,8-9,12-14H2,(H,22,25). The number of nitrogens with zero attached hydrogens (tertiary/aromatic N) is 2. The number of hydrogen-bond donors (Lipinski definition) is 1. The van der Waals surface area contributed by atoms with Crippen LogP contribution in [0.3, 0.4) is 0 Å². The summed E-state index contributed by atoms with van der Waals surface area (Å²) in [7, 11) is 0. The molecule has 1 aliphatic carbocycles. The number of hydrogen-bond acceptors (Lipinski definition) is 3. The average molecular weight is 347 g/mol. The zero-order chi connectivity index (χ0) is 17.9. The molecule has 26 heavy (non-hydrogen) atoms. The lowest BCUT2D eigenvalue weighted by Gasteiger charge is -2.09. The minimum Gasteiger partial charge on any atom is -0.354 e. The molecule has 5 heteroatoms. The van der Waals surface area contributed by atoms with Gasteiger partial charge in [0.15, 0.2) is 0 Å². The fourth-order valence-electron chi connectivity index (χ4n) is 3.21. The molecule has 0 bridgehead atoms. The Hall–Kier alpha value is -2.95. The number of rotatable bonds is 6. The van der Waals surface area contributed by atoms with Gasteiger partial charge in [0.1, 0.15) is 0 Å². The van der Waals surface area contributed by atoms with Crippen LogP contribution >= 0.6 is 0 Å². The van der Waals surface area contributed by atoms with E-state index in [4.69, 9.17) is 0 Å². The van der Waals surface area contributed by atoms with E-state index in [1.807, 2.05) is 48.5 Å². The fraction of sp³-hybridized carbons (Fsp3) is 0.286. The highest BCUT2D eigenvalue weighted by Gasteiger charge is 2.25. The Labute approximate surface area is 151 Å². The van der Waals surface area contributed by atoms with E-state index in [-0.39, 0.29) is 11.5 Å². The van der Waals surface area contributed by atoms with Gasteiger partial charge in [-0.1, -0.05) is 42.5 Å². The number of amides is 1. The lowest BCUT2D eigenvalue weighted by molar-refractivity contribution is -0.120. The molecule has 1 fully saturated rings. The lowest BCUT2D eigenvalue weighted by Crippen LogP contribution is -2.32. The van der Waals surface area contributed by atoms with E-state index in [9.17, 15) is 9.59 Å². The zero-order valence-electron chi connectivity index (χ0n) is 14.5. The van der Waals surface area contributed by atoms with E-state index in [2.05, 4.69) is 10.4 Å². The van der Waals surface area contributed by atoms with Crippen LogP contribution in [-0.4, -0.2) is 22.2 Å². The van der Waals surface area contributed by atoms with Crippen molar-refractivity contribution in [2.24, 2.45) is 0 Å².